The molecular weight excluding hydrogens is 525 g/mol. The first-order chi connectivity index (χ1) is 18.4. The molecule has 3 rings (SSSR count). The Hall–Kier alpha value is -0.386. The van der Waals surface area contributed by atoms with Crippen molar-refractivity contribution >= 4 is 16.6 Å². The van der Waals surface area contributed by atoms with Gasteiger partial charge in [0.25, 0.3) is 0 Å². The lowest BCUT2D eigenvalue weighted by Crippen LogP contribution is -2.67. The van der Waals surface area contributed by atoms with Crippen molar-refractivity contribution in [1.82, 2.24) is 0 Å². The zero-order valence-corrected chi connectivity index (χ0v) is 30.2. The fraction of sp³-hybridized carbons (Fsp3) is 0.886. The molecule has 0 amide bonds. The highest BCUT2D eigenvalue weighted by molar-refractivity contribution is 6.74. The van der Waals surface area contributed by atoms with Gasteiger partial charge >= 0.3 is 0 Å². The van der Waals surface area contributed by atoms with E-state index < -0.39 is 22.2 Å². The molecular formula is C35H64O3Si2. The van der Waals surface area contributed by atoms with E-state index >= 15 is 0 Å². The molecule has 40 heavy (non-hydrogen) atoms. The Morgan fingerprint density at radius 1 is 0.900 bits per heavy atom. The van der Waals surface area contributed by atoms with Gasteiger partial charge in [-0.1, -0.05) is 98.5 Å². The molecule has 230 valence electrons. The first-order valence-corrected chi connectivity index (χ1v) is 22.4. The third kappa shape index (κ3) is 7.04. The second kappa shape index (κ2) is 12.7. The van der Waals surface area contributed by atoms with Crippen LogP contribution >= 0.6 is 0 Å². The van der Waals surface area contributed by atoms with Crippen LogP contribution in [-0.2, 0) is 8.85 Å². The molecule has 0 aromatic heterocycles. The normalized spacial score (nSPS) is 33.5. The summed E-state index contributed by atoms with van der Waals surface area (Å²) in [7, 11) is -3.97. The lowest BCUT2D eigenvalue weighted by Gasteiger charge is -2.63. The summed E-state index contributed by atoms with van der Waals surface area (Å²) >= 11 is 0. The topological polar surface area (TPSA) is 38.7 Å². The van der Waals surface area contributed by atoms with E-state index in [4.69, 9.17) is 8.85 Å². The maximum absolute atomic E-state index is 11.6. The maximum Gasteiger partial charge on any atom is 0.193 e. The lowest BCUT2D eigenvalue weighted by atomic mass is 9.45. The zero-order valence-electron chi connectivity index (χ0n) is 28.2. The van der Waals surface area contributed by atoms with Gasteiger partial charge in [0.2, 0.25) is 0 Å². The summed E-state index contributed by atoms with van der Waals surface area (Å²) in [5.74, 6) is 9.19. The Labute approximate surface area is 250 Å². The molecule has 7 atom stereocenters. The molecule has 5 heteroatoms. The van der Waals surface area contributed by atoms with Crippen molar-refractivity contribution in [3.63, 3.8) is 0 Å². The number of fused-ring (bicyclic) bond motifs is 1. The van der Waals surface area contributed by atoms with Crippen molar-refractivity contribution in [1.29, 1.82) is 0 Å². The Kier molecular flexibility index (Phi) is 10.8. The molecule has 0 aromatic carbocycles. The zero-order chi connectivity index (χ0) is 30.1. The molecule has 3 aliphatic carbocycles. The second-order valence-corrected chi connectivity index (χ2v) is 26.0. The molecule has 0 bridgehead atoms. The lowest BCUT2D eigenvalue weighted by molar-refractivity contribution is -0.206. The minimum atomic E-state index is -1.99. The van der Waals surface area contributed by atoms with Crippen LogP contribution in [0.1, 0.15) is 113 Å². The van der Waals surface area contributed by atoms with Crippen molar-refractivity contribution in [2.75, 3.05) is 0 Å². The molecule has 0 aliphatic heterocycles. The number of aliphatic hydroxyl groups is 1. The van der Waals surface area contributed by atoms with Crippen LogP contribution in [0.3, 0.4) is 0 Å². The minimum absolute atomic E-state index is 0.00803. The van der Waals surface area contributed by atoms with Crippen LogP contribution in [-0.4, -0.2) is 39.6 Å². The van der Waals surface area contributed by atoms with E-state index in [9.17, 15) is 5.11 Å². The van der Waals surface area contributed by atoms with E-state index in [-0.39, 0.29) is 40.0 Å². The monoisotopic (exact) mass is 588 g/mol. The van der Waals surface area contributed by atoms with Crippen LogP contribution < -0.4 is 0 Å². The van der Waals surface area contributed by atoms with Crippen LogP contribution in [0.2, 0.25) is 36.3 Å². The highest BCUT2D eigenvalue weighted by Gasteiger charge is 2.63. The second-order valence-electron chi connectivity index (χ2n) is 16.5. The highest BCUT2D eigenvalue weighted by Crippen LogP contribution is 2.60. The average Bonchev–Trinajstić information content (AvgIpc) is 2.80. The molecule has 0 radical (unpaired) electrons. The Morgan fingerprint density at radius 3 is 1.95 bits per heavy atom. The molecule has 0 aromatic rings. The summed E-state index contributed by atoms with van der Waals surface area (Å²) in [6.07, 6.45) is 13.9. The van der Waals surface area contributed by atoms with Gasteiger partial charge in [-0.05, 0) is 92.0 Å². The van der Waals surface area contributed by atoms with Gasteiger partial charge in [-0.25, -0.2) is 0 Å². The third-order valence-corrected chi connectivity index (χ3v) is 20.9. The van der Waals surface area contributed by atoms with Crippen molar-refractivity contribution in [3.8, 4) is 11.8 Å². The average molecular weight is 589 g/mol. The van der Waals surface area contributed by atoms with Crippen molar-refractivity contribution < 1.29 is 14.0 Å². The molecule has 0 spiro atoms. The molecule has 0 saturated heterocycles. The first kappa shape index (κ1) is 34.1. The summed E-state index contributed by atoms with van der Waals surface area (Å²) < 4.78 is 14.4. The number of hydrogen-bond acceptors (Lipinski definition) is 3. The third-order valence-electron chi connectivity index (χ3n) is 11.9. The molecule has 2 unspecified atom stereocenters. The summed E-state index contributed by atoms with van der Waals surface area (Å²) in [5, 5.41) is 11.9. The van der Waals surface area contributed by atoms with E-state index in [2.05, 4.69) is 93.1 Å². The number of rotatable bonds is 7. The van der Waals surface area contributed by atoms with Crippen molar-refractivity contribution in [2.24, 2.45) is 29.6 Å². The molecule has 3 aliphatic rings. The molecule has 0 heterocycles. The van der Waals surface area contributed by atoms with Gasteiger partial charge in [0.1, 0.15) is 6.10 Å². The van der Waals surface area contributed by atoms with Gasteiger partial charge in [0, 0.05) is 5.92 Å². The highest BCUT2D eigenvalue weighted by atomic mass is 28.4. The van der Waals surface area contributed by atoms with Gasteiger partial charge < -0.3 is 14.0 Å². The van der Waals surface area contributed by atoms with E-state index in [0.29, 0.717) is 11.8 Å². The Bertz CT molecular complexity index is 902. The molecule has 3 fully saturated rings. The van der Waals surface area contributed by atoms with E-state index in [1.807, 2.05) is 6.08 Å². The van der Waals surface area contributed by atoms with Gasteiger partial charge in [-0.15, -0.1) is 6.58 Å². The first-order valence-electron chi connectivity index (χ1n) is 16.6. The molecule has 3 nitrogen and oxygen atoms in total. The minimum Gasteiger partial charge on any atom is -0.413 e. The predicted octanol–water partition coefficient (Wildman–Crippen LogP) is 9.73. The summed E-state index contributed by atoms with van der Waals surface area (Å²) in [4.78, 5) is 0. The van der Waals surface area contributed by atoms with E-state index in [1.54, 1.807) is 0 Å². The van der Waals surface area contributed by atoms with E-state index in [0.717, 1.165) is 19.3 Å². The standard InChI is InChI=1S/C35H64O3Si2/c1-13-28-32-27(31(38-40(11,12)34(6,7)8)25-23-29(32)35(28,36)14-2)22-24-30(37-39(9,10)33(3,4)5)26-20-18-16-15-17-19-21-26/h14,26-32,36H,2,13,15-21,23,25H2,1,3-12H3/t27-,28?,29-,30-,31+,32-,35?/m1/s1. The summed E-state index contributed by atoms with van der Waals surface area (Å²) in [6.45, 7) is 29.8. The smallest absolute Gasteiger partial charge is 0.193 e. The van der Waals surface area contributed by atoms with Gasteiger partial charge in [0.15, 0.2) is 16.6 Å². The predicted molar refractivity (Wildman–Crippen MR) is 176 cm³/mol. The van der Waals surface area contributed by atoms with Gasteiger partial charge in [-0.2, -0.15) is 0 Å². The molecule has 1 N–H and O–H groups in total. The summed E-state index contributed by atoms with van der Waals surface area (Å²) in [5.41, 5.74) is -0.766. The van der Waals surface area contributed by atoms with Crippen molar-refractivity contribution in [3.05, 3.63) is 12.7 Å². The maximum atomic E-state index is 11.6. The number of hydrogen-bond donors (Lipinski definition) is 1. The Morgan fingerprint density at radius 2 is 1.45 bits per heavy atom. The Balaban J connectivity index is 2.02. The fourth-order valence-corrected chi connectivity index (χ4v) is 9.85. The van der Waals surface area contributed by atoms with Crippen LogP contribution in [0, 0.1) is 41.4 Å². The van der Waals surface area contributed by atoms with Gasteiger partial charge in [0.05, 0.1) is 11.7 Å². The molecule has 3 saturated carbocycles. The van der Waals surface area contributed by atoms with Crippen molar-refractivity contribution in [2.45, 2.75) is 167 Å². The van der Waals surface area contributed by atoms with E-state index in [1.165, 1.54) is 44.9 Å². The van der Waals surface area contributed by atoms with Gasteiger partial charge in [-0.3, -0.25) is 0 Å². The largest absolute Gasteiger partial charge is 0.413 e. The summed E-state index contributed by atoms with van der Waals surface area (Å²) in [6, 6.07) is 0. The van der Waals surface area contributed by atoms with Crippen LogP contribution in [0.4, 0.5) is 0 Å². The van der Waals surface area contributed by atoms with Crippen LogP contribution in [0.15, 0.2) is 12.7 Å². The fourth-order valence-electron chi connectivity index (χ4n) is 7.23. The quantitative estimate of drug-likeness (QED) is 0.183. The SMILES string of the molecule is C=CC1(O)C(CC)[C@H]2[C@H](C#C[C@@H](O[Si](C)(C)C(C)(C)C)C3CCCCCCC3)[C@@H](O[Si](C)(C)C(C)(C)C)CC[C@H]21. The van der Waals surface area contributed by atoms with Crippen LogP contribution in [0.5, 0.6) is 0 Å². The van der Waals surface area contributed by atoms with Crippen LogP contribution in [0.25, 0.3) is 0 Å².